The summed E-state index contributed by atoms with van der Waals surface area (Å²) in [5, 5.41) is 1.80. The third-order valence-electron chi connectivity index (χ3n) is 3.40. The molecule has 0 radical (unpaired) electrons. The summed E-state index contributed by atoms with van der Waals surface area (Å²) in [6.07, 6.45) is 5.76. The molecule has 1 aliphatic carbocycles. The highest BCUT2D eigenvalue weighted by Crippen LogP contribution is 2.38. The van der Waals surface area contributed by atoms with Crippen molar-refractivity contribution in [3.05, 3.63) is 24.4 Å². The maximum Gasteiger partial charge on any atom is 0.0962 e. The third kappa shape index (κ3) is 2.98. The van der Waals surface area contributed by atoms with Gasteiger partial charge in [-0.2, -0.15) is 0 Å². The van der Waals surface area contributed by atoms with Crippen LogP contribution < -0.4 is 5.73 Å². The van der Waals surface area contributed by atoms with Crippen LogP contribution in [0.25, 0.3) is 0 Å². The van der Waals surface area contributed by atoms with Crippen molar-refractivity contribution in [2.75, 3.05) is 6.54 Å². The smallest absolute Gasteiger partial charge is 0.0962 e. The molecule has 0 aliphatic heterocycles. The molecule has 3 atom stereocenters. The summed E-state index contributed by atoms with van der Waals surface area (Å²) in [6.45, 7) is 3.16. The molecule has 1 fully saturated rings. The van der Waals surface area contributed by atoms with Crippen molar-refractivity contribution in [3.8, 4) is 0 Å². The van der Waals surface area contributed by atoms with E-state index in [4.69, 9.17) is 5.73 Å². The van der Waals surface area contributed by atoms with Crippen molar-refractivity contribution in [1.82, 2.24) is 4.98 Å². The highest BCUT2D eigenvalue weighted by Gasteiger charge is 2.28. The van der Waals surface area contributed by atoms with E-state index < -0.39 is 0 Å². The molecule has 0 saturated heterocycles. The minimum absolute atomic E-state index is 0.656. The number of thioether (sulfide) groups is 1. The number of hydrogen-bond donors (Lipinski definition) is 1. The molecule has 3 unspecified atom stereocenters. The van der Waals surface area contributed by atoms with E-state index in [-0.39, 0.29) is 0 Å². The molecule has 1 heterocycles. The van der Waals surface area contributed by atoms with Gasteiger partial charge in [0.2, 0.25) is 0 Å². The second-order valence-electron chi connectivity index (χ2n) is 4.74. The van der Waals surface area contributed by atoms with Gasteiger partial charge in [0.25, 0.3) is 0 Å². The molecule has 1 aromatic heterocycles. The van der Waals surface area contributed by atoms with Gasteiger partial charge in [0.15, 0.2) is 0 Å². The molecule has 0 amide bonds. The summed E-state index contributed by atoms with van der Waals surface area (Å²) >= 11 is 1.91. The monoisotopic (exact) mass is 236 g/mol. The summed E-state index contributed by atoms with van der Waals surface area (Å²) in [6, 6.07) is 6.12. The van der Waals surface area contributed by atoms with Crippen LogP contribution in [-0.2, 0) is 0 Å². The highest BCUT2D eigenvalue weighted by molar-refractivity contribution is 7.99. The van der Waals surface area contributed by atoms with Gasteiger partial charge in [0, 0.05) is 11.4 Å². The molecule has 3 heteroatoms. The van der Waals surface area contributed by atoms with Gasteiger partial charge in [-0.1, -0.05) is 19.4 Å². The molecule has 0 spiro atoms. The summed E-state index contributed by atoms with van der Waals surface area (Å²) in [4.78, 5) is 4.39. The Morgan fingerprint density at radius 3 is 3.00 bits per heavy atom. The molecule has 0 aromatic carbocycles. The molecule has 88 valence electrons. The maximum atomic E-state index is 5.86. The molecule has 0 bridgehead atoms. The number of hydrogen-bond acceptors (Lipinski definition) is 3. The second-order valence-corrected chi connectivity index (χ2v) is 6.00. The molecule has 1 aromatic rings. The number of nitrogens with zero attached hydrogens (tertiary/aromatic N) is 1. The van der Waals surface area contributed by atoms with Crippen LogP contribution in [0.4, 0.5) is 0 Å². The van der Waals surface area contributed by atoms with E-state index in [2.05, 4.69) is 24.0 Å². The SMILES string of the molecule is CC1CCC(CN)C(Sc2ccccn2)C1. The largest absolute Gasteiger partial charge is 0.330 e. The van der Waals surface area contributed by atoms with Crippen molar-refractivity contribution in [2.45, 2.75) is 36.5 Å². The first-order valence-corrected chi connectivity index (χ1v) is 6.95. The Kier molecular flexibility index (Phi) is 4.24. The first-order chi connectivity index (χ1) is 7.79. The highest BCUT2D eigenvalue weighted by atomic mass is 32.2. The Morgan fingerprint density at radius 1 is 1.44 bits per heavy atom. The fourth-order valence-electron chi connectivity index (χ4n) is 2.38. The molecule has 1 aliphatic rings. The van der Waals surface area contributed by atoms with Crippen LogP contribution in [0.2, 0.25) is 0 Å². The quantitative estimate of drug-likeness (QED) is 0.877. The van der Waals surface area contributed by atoms with Crippen molar-refractivity contribution >= 4 is 11.8 Å². The fourth-order valence-corrected chi connectivity index (χ4v) is 3.83. The fraction of sp³-hybridized carbons (Fsp3) is 0.615. The lowest BCUT2D eigenvalue weighted by Crippen LogP contribution is -2.31. The van der Waals surface area contributed by atoms with Gasteiger partial charge in [0.1, 0.15) is 0 Å². The number of nitrogens with two attached hydrogens (primary N) is 1. The lowest BCUT2D eigenvalue weighted by atomic mass is 9.82. The molecular weight excluding hydrogens is 216 g/mol. The van der Waals surface area contributed by atoms with E-state index in [0.29, 0.717) is 11.2 Å². The van der Waals surface area contributed by atoms with Crippen LogP contribution >= 0.6 is 11.8 Å². The summed E-state index contributed by atoms with van der Waals surface area (Å²) < 4.78 is 0. The minimum Gasteiger partial charge on any atom is -0.330 e. The Bertz CT molecular complexity index is 315. The van der Waals surface area contributed by atoms with Gasteiger partial charge in [-0.15, -0.1) is 11.8 Å². The standard InChI is InChI=1S/C13H20N2S/c1-10-5-6-11(9-14)12(8-10)16-13-4-2-3-7-15-13/h2-4,7,10-12H,5-6,8-9,14H2,1H3. The van der Waals surface area contributed by atoms with E-state index in [1.807, 2.05) is 24.0 Å². The predicted octanol–water partition coefficient (Wildman–Crippen LogP) is 2.94. The van der Waals surface area contributed by atoms with Crippen molar-refractivity contribution in [2.24, 2.45) is 17.6 Å². The van der Waals surface area contributed by atoms with Gasteiger partial charge < -0.3 is 5.73 Å². The van der Waals surface area contributed by atoms with Gasteiger partial charge >= 0.3 is 0 Å². The summed E-state index contributed by atoms with van der Waals surface area (Å²) in [5.74, 6) is 1.51. The summed E-state index contributed by atoms with van der Waals surface area (Å²) in [5.41, 5.74) is 5.86. The number of rotatable bonds is 3. The zero-order valence-corrected chi connectivity index (χ0v) is 10.6. The topological polar surface area (TPSA) is 38.9 Å². The Labute approximate surface area is 102 Å². The average Bonchev–Trinajstić information content (AvgIpc) is 2.31. The van der Waals surface area contributed by atoms with E-state index >= 15 is 0 Å². The van der Waals surface area contributed by atoms with E-state index in [1.54, 1.807) is 0 Å². The maximum absolute atomic E-state index is 5.86. The number of pyridine rings is 1. The van der Waals surface area contributed by atoms with Gasteiger partial charge in [-0.25, -0.2) is 4.98 Å². The zero-order valence-electron chi connectivity index (χ0n) is 9.80. The van der Waals surface area contributed by atoms with Crippen molar-refractivity contribution in [3.63, 3.8) is 0 Å². The second kappa shape index (κ2) is 5.69. The molecule has 2 N–H and O–H groups in total. The Hall–Kier alpha value is -0.540. The van der Waals surface area contributed by atoms with Crippen molar-refractivity contribution in [1.29, 1.82) is 0 Å². The molecule has 16 heavy (non-hydrogen) atoms. The Morgan fingerprint density at radius 2 is 2.31 bits per heavy atom. The van der Waals surface area contributed by atoms with Crippen LogP contribution in [0.1, 0.15) is 26.2 Å². The van der Waals surface area contributed by atoms with E-state index in [1.165, 1.54) is 19.3 Å². The van der Waals surface area contributed by atoms with Crippen LogP contribution in [0.15, 0.2) is 29.4 Å². The molecule has 2 nitrogen and oxygen atoms in total. The van der Waals surface area contributed by atoms with Gasteiger partial charge in [0.05, 0.1) is 5.03 Å². The predicted molar refractivity (Wildman–Crippen MR) is 69.4 cm³/mol. The third-order valence-corrected chi connectivity index (χ3v) is 4.77. The first-order valence-electron chi connectivity index (χ1n) is 6.07. The van der Waals surface area contributed by atoms with Crippen LogP contribution in [0.5, 0.6) is 0 Å². The van der Waals surface area contributed by atoms with Gasteiger partial charge in [-0.3, -0.25) is 0 Å². The van der Waals surface area contributed by atoms with Crippen molar-refractivity contribution < 1.29 is 0 Å². The molecule has 1 saturated carbocycles. The van der Waals surface area contributed by atoms with Crippen LogP contribution in [0, 0.1) is 11.8 Å². The average molecular weight is 236 g/mol. The Balaban J connectivity index is 2.01. The van der Waals surface area contributed by atoms with Gasteiger partial charge in [-0.05, 0) is 43.4 Å². The summed E-state index contributed by atoms with van der Waals surface area (Å²) in [7, 11) is 0. The zero-order chi connectivity index (χ0) is 11.4. The van der Waals surface area contributed by atoms with E-state index in [0.717, 1.165) is 17.5 Å². The van der Waals surface area contributed by atoms with E-state index in [9.17, 15) is 0 Å². The lowest BCUT2D eigenvalue weighted by molar-refractivity contribution is 0.306. The first kappa shape index (κ1) is 11.9. The minimum atomic E-state index is 0.656. The number of aromatic nitrogens is 1. The molecular formula is C13H20N2S. The normalized spacial score (nSPS) is 30.2. The van der Waals surface area contributed by atoms with Crippen LogP contribution in [-0.4, -0.2) is 16.8 Å². The molecule has 2 rings (SSSR count). The lowest BCUT2D eigenvalue weighted by Gasteiger charge is -2.33. The van der Waals surface area contributed by atoms with Crippen LogP contribution in [0.3, 0.4) is 0 Å².